The normalized spacial score (nSPS) is 11.7. The molecule has 0 aliphatic rings. The van der Waals surface area contributed by atoms with Crippen LogP contribution in [0.2, 0.25) is 0 Å². The molecule has 0 saturated carbocycles. The van der Waals surface area contributed by atoms with Crippen LogP contribution >= 0.6 is 11.8 Å². The van der Waals surface area contributed by atoms with Crippen LogP contribution < -0.4 is 10.1 Å². The lowest BCUT2D eigenvalue weighted by Gasteiger charge is -2.18. The summed E-state index contributed by atoms with van der Waals surface area (Å²) in [5, 5.41) is 2.24. The Morgan fingerprint density at radius 3 is 2.43 bits per heavy atom. The number of ether oxygens (including phenoxy) is 1. The molecule has 0 saturated heterocycles. The van der Waals surface area contributed by atoms with Crippen LogP contribution in [0.1, 0.15) is 16.4 Å². The SMILES string of the molecule is COc1ccc(C)cc1NC(=O)C(Sc1ccc(F)c(F)c1)c1ccccc1. The Balaban J connectivity index is 1.91. The van der Waals surface area contributed by atoms with E-state index in [2.05, 4.69) is 5.32 Å². The van der Waals surface area contributed by atoms with Gasteiger partial charge in [-0.3, -0.25) is 4.79 Å². The number of anilines is 1. The Morgan fingerprint density at radius 2 is 1.75 bits per heavy atom. The van der Waals surface area contributed by atoms with E-state index < -0.39 is 16.9 Å². The molecule has 3 aromatic rings. The molecular weight excluding hydrogens is 380 g/mol. The Kier molecular flexibility index (Phi) is 6.31. The third kappa shape index (κ3) is 4.70. The second kappa shape index (κ2) is 8.89. The molecule has 0 aliphatic carbocycles. The highest BCUT2D eigenvalue weighted by atomic mass is 32.2. The van der Waals surface area contributed by atoms with Crippen molar-refractivity contribution in [2.24, 2.45) is 0 Å². The summed E-state index contributed by atoms with van der Waals surface area (Å²) in [6.07, 6.45) is 0. The number of amides is 1. The highest BCUT2D eigenvalue weighted by molar-refractivity contribution is 8.00. The lowest BCUT2D eigenvalue weighted by molar-refractivity contribution is -0.115. The fraction of sp³-hybridized carbons (Fsp3) is 0.136. The number of carbonyl (C=O) groups is 1. The van der Waals surface area contributed by atoms with Gasteiger partial charge in [-0.25, -0.2) is 8.78 Å². The van der Waals surface area contributed by atoms with Gasteiger partial charge < -0.3 is 10.1 Å². The minimum atomic E-state index is -0.947. The molecule has 1 N–H and O–H groups in total. The van der Waals surface area contributed by atoms with Gasteiger partial charge >= 0.3 is 0 Å². The Morgan fingerprint density at radius 1 is 1.00 bits per heavy atom. The third-order valence-electron chi connectivity index (χ3n) is 4.10. The van der Waals surface area contributed by atoms with Crippen molar-refractivity contribution in [3.8, 4) is 5.75 Å². The van der Waals surface area contributed by atoms with Gasteiger partial charge in [0, 0.05) is 4.90 Å². The zero-order valence-corrected chi connectivity index (χ0v) is 16.2. The molecule has 3 nitrogen and oxygen atoms in total. The van der Waals surface area contributed by atoms with Crippen LogP contribution in [-0.4, -0.2) is 13.0 Å². The summed E-state index contributed by atoms with van der Waals surface area (Å²) in [7, 11) is 1.53. The minimum absolute atomic E-state index is 0.287. The third-order valence-corrected chi connectivity index (χ3v) is 5.35. The summed E-state index contributed by atoms with van der Waals surface area (Å²) in [5.74, 6) is -1.61. The highest BCUT2D eigenvalue weighted by Gasteiger charge is 2.23. The van der Waals surface area contributed by atoms with Crippen LogP contribution in [0.25, 0.3) is 0 Å². The quantitative estimate of drug-likeness (QED) is 0.536. The number of methoxy groups -OCH3 is 1. The van der Waals surface area contributed by atoms with Gasteiger partial charge in [-0.1, -0.05) is 36.4 Å². The molecule has 28 heavy (non-hydrogen) atoms. The van der Waals surface area contributed by atoms with E-state index in [-0.39, 0.29) is 5.91 Å². The van der Waals surface area contributed by atoms with Crippen molar-refractivity contribution < 1.29 is 18.3 Å². The number of hydrogen-bond acceptors (Lipinski definition) is 3. The highest BCUT2D eigenvalue weighted by Crippen LogP contribution is 2.37. The van der Waals surface area contributed by atoms with E-state index in [1.54, 1.807) is 6.07 Å². The summed E-state index contributed by atoms with van der Waals surface area (Å²) in [5.41, 5.74) is 2.28. The molecule has 6 heteroatoms. The topological polar surface area (TPSA) is 38.3 Å². The van der Waals surface area contributed by atoms with Gasteiger partial charge in [0.05, 0.1) is 12.8 Å². The van der Waals surface area contributed by atoms with Gasteiger partial charge in [-0.05, 0) is 48.4 Å². The van der Waals surface area contributed by atoms with Crippen molar-refractivity contribution in [3.05, 3.63) is 89.5 Å². The fourth-order valence-corrected chi connectivity index (χ4v) is 3.75. The van der Waals surface area contributed by atoms with Crippen LogP contribution in [0.15, 0.2) is 71.6 Å². The Labute approximate surface area is 166 Å². The second-order valence-corrected chi connectivity index (χ2v) is 7.36. The molecule has 1 amide bonds. The summed E-state index contributed by atoms with van der Waals surface area (Å²) >= 11 is 1.15. The summed E-state index contributed by atoms with van der Waals surface area (Å²) < 4.78 is 32.2. The van der Waals surface area contributed by atoms with E-state index in [1.165, 1.54) is 13.2 Å². The second-order valence-electron chi connectivity index (χ2n) is 6.18. The van der Waals surface area contributed by atoms with Crippen molar-refractivity contribution in [2.75, 3.05) is 12.4 Å². The van der Waals surface area contributed by atoms with Crippen LogP contribution in [0.5, 0.6) is 5.75 Å². The minimum Gasteiger partial charge on any atom is -0.495 e. The number of benzene rings is 3. The average Bonchev–Trinajstić information content (AvgIpc) is 2.69. The molecular formula is C22H19F2NO2S. The number of halogens is 2. The van der Waals surface area contributed by atoms with Crippen LogP contribution in [-0.2, 0) is 4.79 Å². The van der Waals surface area contributed by atoms with E-state index in [4.69, 9.17) is 4.74 Å². The van der Waals surface area contributed by atoms with Gasteiger partial charge in [0.25, 0.3) is 0 Å². The summed E-state index contributed by atoms with van der Waals surface area (Å²) in [4.78, 5) is 13.6. The zero-order valence-electron chi connectivity index (χ0n) is 15.4. The van der Waals surface area contributed by atoms with E-state index >= 15 is 0 Å². The van der Waals surface area contributed by atoms with E-state index in [1.807, 2.05) is 49.4 Å². The first-order chi connectivity index (χ1) is 13.5. The molecule has 0 spiro atoms. The largest absolute Gasteiger partial charge is 0.495 e. The molecule has 3 rings (SSSR count). The van der Waals surface area contributed by atoms with Crippen LogP contribution in [0, 0.1) is 18.6 Å². The van der Waals surface area contributed by atoms with Gasteiger partial charge in [-0.15, -0.1) is 11.8 Å². The monoisotopic (exact) mass is 399 g/mol. The molecule has 0 aromatic heterocycles. The van der Waals surface area contributed by atoms with Gasteiger partial charge in [-0.2, -0.15) is 0 Å². The number of thioether (sulfide) groups is 1. The molecule has 0 heterocycles. The van der Waals surface area contributed by atoms with Gasteiger partial charge in [0.2, 0.25) is 5.91 Å². The molecule has 0 fully saturated rings. The molecule has 0 bridgehead atoms. The number of carbonyl (C=O) groups excluding carboxylic acids is 1. The molecule has 1 unspecified atom stereocenters. The first-order valence-electron chi connectivity index (χ1n) is 8.60. The van der Waals surface area contributed by atoms with E-state index in [9.17, 15) is 13.6 Å². The zero-order chi connectivity index (χ0) is 20.1. The lowest BCUT2D eigenvalue weighted by Crippen LogP contribution is -2.19. The summed E-state index contributed by atoms with van der Waals surface area (Å²) in [6.45, 7) is 1.92. The number of nitrogens with one attached hydrogen (secondary N) is 1. The van der Waals surface area contributed by atoms with Crippen LogP contribution in [0.4, 0.5) is 14.5 Å². The average molecular weight is 399 g/mol. The predicted molar refractivity (Wildman–Crippen MR) is 108 cm³/mol. The van der Waals surface area contributed by atoms with Crippen molar-refractivity contribution in [1.29, 1.82) is 0 Å². The van der Waals surface area contributed by atoms with E-state index in [0.717, 1.165) is 35.0 Å². The van der Waals surface area contributed by atoms with Crippen molar-refractivity contribution in [2.45, 2.75) is 17.1 Å². The number of rotatable bonds is 6. The number of hydrogen-bond donors (Lipinski definition) is 1. The van der Waals surface area contributed by atoms with Crippen LogP contribution in [0.3, 0.4) is 0 Å². The van der Waals surface area contributed by atoms with Crippen molar-refractivity contribution in [3.63, 3.8) is 0 Å². The van der Waals surface area contributed by atoms with E-state index in [0.29, 0.717) is 16.3 Å². The number of aryl methyl sites for hydroxylation is 1. The van der Waals surface area contributed by atoms with Gasteiger partial charge in [0.1, 0.15) is 11.0 Å². The Hall–Kier alpha value is -2.86. The first-order valence-corrected chi connectivity index (χ1v) is 9.48. The molecule has 0 radical (unpaired) electrons. The van der Waals surface area contributed by atoms with Gasteiger partial charge in [0.15, 0.2) is 11.6 Å². The Bertz CT molecular complexity index is 980. The maximum absolute atomic E-state index is 13.6. The van der Waals surface area contributed by atoms with Crippen molar-refractivity contribution in [1.82, 2.24) is 0 Å². The predicted octanol–water partition coefficient (Wildman–Crippen LogP) is 5.75. The first kappa shape index (κ1) is 19.9. The molecule has 0 aliphatic heterocycles. The molecule has 144 valence electrons. The standard InChI is InChI=1S/C22H19F2NO2S/c1-14-8-11-20(27-2)19(12-14)25-22(26)21(15-6-4-3-5-7-15)28-16-9-10-17(23)18(24)13-16/h3-13,21H,1-2H3,(H,25,26). The maximum Gasteiger partial charge on any atom is 0.242 e. The smallest absolute Gasteiger partial charge is 0.242 e. The summed E-state index contributed by atoms with van der Waals surface area (Å²) in [6, 6.07) is 18.3. The fourth-order valence-electron chi connectivity index (χ4n) is 2.70. The maximum atomic E-state index is 13.6. The molecule has 1 atom stereocenters. The van der Waals surface area contributed by atoms with Crippen molar-refractivity contribution >= 4 is 23.4 Å². The molecule has 3 aromatic carbocycles. The lowest BCUT2D eigenvalue weighted by atomic mass is 10.1.